The topological polar surface area (TPSA) is 99.2 Å². The quantitative estimate of drug-likeness (QED) is 0.380. The molecule has 8 nitrogen and oxygen atoms in total. The van der Waals surface area contributed by atoms with Gasteiger partial charge in [-0.25, -0.2) is 13.1 Å². The number of fused-ring (bicyclic) bond motifs is 2. The van der Waals surface area contributed by atoms with Crippen molar-refractivity contribution in [3.05, 3.63) is 66.5 Å². The molecule has 4 aromatic rings. The van der Waals surface area contributed by atoms with Crippen molar-refractivity contribution in [1.29, 1.82) is 0 Å². The number of rotatable bonds is 7. The molecule has 5 rings (SSSR count). The summed E-state index contributed by atoms with van der Waals surface area (Å²) in [5, 5.41) is 5.07. The van der Waals surface area contributed by atoms with Crippen LogP contribution in [-0.4, -0.2) is 54.5 Å². The molecule has 2 aromatic heterocycles. The van der Waals surface area contributed by atoms with Crippen molar-refractivity contribution in [3.8, 4) is 0 Å². The number of para-hydroxylation sites is 1. The first-order valence-corrected chi connectivity index (χ1v) is 12.9. The van der Waals surface area contributed by atoms with Gasteiger partial charge in [-0.1, -0.05) is 24.3 Å². The minimum Gasteiger partial charge on any atom is -0.361 e. The maximum atomic E-state index is 13.2. The molecule has 0 radical (unpaired) electrons. The summed E-state index contributed by atoms with van der Waals surface area (Å²) >= 11 is 0. The highest BCUT2D eigenvalue weighted by Gasteiger charge is 2.32. The molecule has 0 saturated carbocycles. The summed E-state index contributed by atoms with van der Waals surface area (Å²) in [6.07, 6.45) is 4.71. The Bertz CT molecular complexity index is 1460. The normalized spacial score (nSPS) is 18.0. The van der Waals surface area contributed by atoms with Gasteiger partial charge in [0.15, 0.2) is 0 Å². The second-order valence-corrected chi connectivity index (χ2v) is 10.8. The predicted octanol–water partition coefficient (Wildman–Crippen LogP) is 2.89. The van der Waals surface area contributed by atoms with E-state index in [-0.39, 0.29) is 29.4 Å². The van der Waals surface area contributed by atoms with Crippen LogP contribution in [0.2, 0.25) is 0 Å². The van der Waals surface area contributed by atoms with Crippen LogP contribution in [0, 0.1) is 0 Å². The van der Waals surface area contributed by atoms with Gasteiger partial charge in [0.05, 0.1) is 10.9 Å². The van der Waals surface area contributed by atoms with E-state index >= 15 is 0 Å². The summed E-state index contributed by atoms with van der Waals surface area (Å²) < 4.78 is 31.4. The van der Waals surface area contributed by atoms with Gasteiger partial charge in [-0.05, 0) is 41.6 Å². The fraction of sp³-hybridized carbons (Fsp3) is 0.320. The summed E-state index contributed by atoms with van der Waals surface area (Å²) in [7, 11) is -1.71. The van der Waals surface area contributed by atoms with E-state index in [1.54, 1.807) is 24.4 Å². The smallest absolute Gasteiger partial charge is 0.240 e. The molecule has 2 atom stereocenters. The Morgan fingerprint density at radius 3 is 2.85 bits per heavy atom. The predicted molar refractivity (Wildman–Crippen MR) is 133 cm³/mol. The number of aromatic nitrogens is 2. The first-order chi connectivity index (χ1) is 16.3. The molecule has 34 heavy (non-hydrogen) atoms. The standard InChI is InChI=1S/C25H29N5O3S/c1-17(31)28-19-10-12-30(15-19)25(22-16-29(2)24-6-4-3-5-21(22)24)14-27-34(32,33)20-8-7-18-9-11-26-23(18)13-20/h3-9,11,13,16,19,25-27H,10,12,14-15H2,1-2H3,(H,28,31)/t19-,25?/m0/s1. The zero-order valence-electron chi connectivity index (χ0n) is 19.3. The minimum atomic E-state index is -3.71. The van der Waals surface area contributed by atoms with Crippen LogP contribution in [0.3, 0.4) is 0 Å². The number of H-pyrrole nitrogens is 1. The van der Waals surface area contributed by atoms with Gasteiger partial charge in [-0.2, -0.15) is 0 Å². The number of sulfonamides is 1. The van der Waals surface area contributed by atoms with Crippen molar-refractivity contribution in [2.24, 2.45) is 7.05 Å². The van der Waals surface area contributed by atoms with E-state index in [1.165, 1.54) is 6.92 Å². The van der Waals surface area contributed by atoms with Crippen LogP contribution in [0.4, 0.5) is 0 Å². The second kappa shape index (κ2) is 8.90. The Hall–Kier alpha value is -3.14. The molecule has 3 N–H and O–H groups in total. The lowest BCUT2D eigenvalue weighted by Gasteiger charge is -2.28. The number of likely N-dealkylation sites (tertiary alicyclic amines) is 1. The molecule has 1 fully saturated rings. The Labute approximate surface area is 199 Å². The van der Waals surface area contributed by atoms with E-state index < -0.39 is 10.0 Å². The molecule has 0 spiro atoms. The van der Waals surface area contributed by atoms with E-state index in [2.05, 4.69) is 42.8 Å². The zero-order chi connectivity index (χ0) is 23.9. The van der Waals surface area contributed by atoms with Gasteiger partial charge >= 0.3 is 0 Å². The summed E-state index contributed by atoms with van der Waals surface area (Å²) in [6, 6.07) is 15.0. The van der Waals surface area contributed by atoms with Crippen molar-refractivity contribution in [2.45, 2.75) is 30.3 Å². The fourth-order valence-corrected chi connectivity index (χ4v) is 6.08. The second-order valence-electron chi connectivity index (χ2n) is 8.99. The van der Waals surface area contributed by atoms with E-state index in [9.17, 15) is 13.2 Å². The summed E-state index contributed by atoms with van der Waals surface area (Å²) in [6.45, 7) is 3.20. The molecule has 1 aliphatic heterocycles. The molecule has 0 aliphatic carbocycles. The number of benzene rings is 2. The average Bonchev–Trinajstić information content (AvgIpc) is 3.53. The molecule has 178 valence electrons. The van der Waals surface area contributed by atoms with Crippen molar-refractivity contribution in [2.75, 3.05) is 19.6 Å². The molecule has 2 aromatic carbocycles. The van der Waals surface area contributed by atoms with Crippen molar-refractivity contribution in [1.82, 2.24) is 24.5 Å². The maximum absolute atomic E-state index is 13.2. The number of nitrogens with one attached hydrogen (secondary N) is 3. The lowest BCUT2D eigenvalue weighted by atomic mass is 10.0. The van der Waals surface area contributed by atoms with Gasteiger partial charge in [0, 0.05) is 68.5 Å². The van der Waals surface area contributed by atoms with Crippen LogP contribution < -0.4 is 10.0 Å². The van der Waals surface area contributed by atoms with Crippen LogP contribution in [0.15, 0.2) is 65.8 Å². The third-order valence-corrected chi connectivity index (χ3v) is 8.08. The average molecular weight is 480 g/mol. The minimum absolute atomic E-state index is 0.0472. The van der Waals surface area contributed by atoms with Gasteiger partial charge in [0.25, 0.3) is 0 Å². The third-order valence-electron chi connectivity index (χ3n) is 6.66. The number of carbonyl (C=O) groups is 1. The van der Waals surface area contributed by atoms with E-state index in [0.29, 0.717) is 6.54 Å². The largest absolute Gasteiger partial charge is 0.361 e. The zero-order valence-corrected chi connectivity index (χ0v) is 20.1. The van der Waals surface area contributed by atoms with Crippen molar-refractivity contribution >= 4 is 37.7 Å². The lowest BCUT2D eigenvalue weighted by molar-refractivity contribution is -0.119. The summed E-state index contributed by atoms with van der Waals surface area (Å²) in [4.78, 5) is 17.2. The van der Waals surface area contributed by atoms with Gasteiger partial charge in [-0.3, -0.25) is 9.69 Å². The first-order valence-electron chi connectivity index (χ1n) is 11.4. The number of nitrogens with zero attached hydrogens (tertiary/aromatic N) is 2. The monoisotopic (exact) mass is 479 g/mol. The number of carbonyl (C=O) groups excluding carboxylic acids is 1. The van der Waals surface area contributed by atoms with E-state index in [0.717, 1.165) is 40.3 Å². The molecular formula is C25H29N5O3S. The number of aryl methyl sites for hydroxylation is 1. The molecule has 3 heterocycles. The molecule has 9 heteroatoms. The van der Waals surface area contributed by atoms with Crippen LogP contribution in [0.1, 0.15) is 24.9 Å². The van der Waals surface area contributed by atoms with Crippen LogP contribution in [-0.2, 0) is 21.9 Å². The number of amides is 1. The van der Waals surface area contributed by atoms with E-state index in [4.69, 9.17) is 0 Å². The van der Waals surface area contributed by atoms with Crippen LogP contribution in [0.5, 0.6) is 0 Å². The van der Waals surface area contributed by atoms with Gasteiger partial charge in [0.1, 0.15) is 0 Å². The van der Waals surface area contributed by atoms with Crippen LogP contribution in [0.25, 0.3) is 21.8 Å². The lowest BCUT2D eigenvalue weighted by Crippen LogP contribution is -2.40. The van der Waals surface area contributed by atoms with Crippen LogP contribution >= 0.6 is 0 Å². The molecule has 1 saturated heterocycles. The summed E-state index contributed by atoms with van der Waals surface area (Å²) in [5.41, 5.74) is 2.95. The van der Waals surface area contributed by atoms with Crippen molar-refractivity contribution < 1.29 is 13.2 Å². The highest BCUT2D eigenvalue weighted by molar-refractivity contribution is 7.89. The van der Waals surface area contributed by atoms with Gasteiger partial charge in [0.2, 0.25) is 15.9 Å². The first kappa shape index (κ1) is 22.6. The molecule has 1 amide bonds. The third kappa shape index (κ3) is 4.34. The molecule has 0 bridgehead atoms. The molecule has 1 aliphatic rings. The van der Waals surface area contributed by atoms with Gasteiger partial charge < -0.3 is 14.9 Å². The van der Waals surface area contributed by atoms with E-state index in [1.807, 2.05) is 25.2 Å². The van der Waals surface area contributed by atoms with Gasteiger partial charge in [-0.15, -0.1) is 0 Å². The highest BCUT2D eigenvalue weighted by atomic mass is 32.2. The number of aromatic amines is 1. The van der Waals surface area contributed by atoms with Crippen molar-refractivity contribution in [3.63, 3.8) is 0 Å². The Morgan fingerprint density at radius 1 is 1.21 bits per heavy atom. The maximum Gasteiger partial charge on any atom is 0.240 e. The molecule has 1 unspecified atom stereocenters. The Morgan fingerprint density at radius 2 is 2.03 bits per heavy atom. The summed E-state index contributed by atoms with van der Waals surface area (Å²) in [5.74, 6) is -0.0472. The molecular weight excluding hydrogens is 450 g/mol. The fourth-order valence-electron chi connectivity index (χ4n) is 5.02. The SMILES string of the molecule is CC(=O)N[C@H]1CCN(C(CNS(=O)(=O)c2ccc3cc[nH]c3c2)c2cn(C)c3ccccc23)C1. The Kier molecular flexibility index (Phi) is 5.93. The number of hydrogen-bond donors (Lipinski definition) is 3. The highest BCUT2D eigenvalue weighted by Crippen LogP contribution is 2.32. The number of hydrogen-bond acceptors (Lipinski definition) is 4. The Balaban J connectivity index is 1.45.